The predicted octanol–water partition coefficient (Wildman–Crippen LogP) is 3.01. The SMILES string of the molecule is CCON=C(C(=O)O)c1ccccc1Oc1cccc(O)c1. The second-order valence-electron chi connectivity index (χ2n) is 4.26. The van der Waals surface area contributed by atoms with Crippen LogP contribution >= 0.6 is 0 Å². The number of hydrogen-bond donors (Lipinski definition) is 2. The fraction of sp³-hybridized carbons (Fsp3) is 0.125. The maximum absolute atomic E-state index is 11.4. The number of aromatic hydroxyl groups is 1. The van der Waals surface area contributed by atoms with E-state index in [4.69, 9.17) is 9.57 Å². The van der Waals surface area contributed by atoms with E-state index in [1.807, 2.05) is 0 Å². The minimum absolute atomic E-state index is 0.0522. The van der Waals surface area contributed by atoms with Crippen molar-refractivity contribution in [2.24, 2.45) is 5.16 Å². The van der Waals surface area contributed by atoms with Crippen LogP contribution in [-0.4, -0.2) is 28.5 Å². The molecule has 0 fully saturated rings. The lowest BCUT2D eigenvalue weighted by molar-refractivity contribution is -0.129. The Balaban J connectivity index is 2.39. The predicted molar refractivity (Wildman–Crippen MR) is 80.4 cm³/mol. The Kier molecular flexibility index (Phi) is 4.98. The molecule has 6 nitrogen and oxygen atoms in total. The second kappa shape index (κ2) is 7.12. The van der Waals surface area contributed by atoms with E-state index in [2.05, 4.69) is 5.16 Å². The number of aliphatic carboxylic acids is 1. The van der Waals surface area contributed by atoms with Crippen LogP contribution in [0.15, 0.2) is 53.7 Å². The van der Waals surface area contributed by atoms with Crippen LogP contribution in [-0.2, 0) is 9.63 Å². The number of carboxylic acid groups (broad SMARTS) is 1. The summed E-state index contributed by atoms with van der Waals surface area (Å²) in [4.78, 5) is 16.2. The maximum Gasteiger partial charge on any atom is 0.358 e. The van der Waals surface area contributed by atoms with Gasteiger partial charge in [-0.25, -0.2) is 4.79 Å². The molecule has 6 heteroatoms. The van der Waals surface area contributed by atoms with Crippen molar-refractivity contribution in [2.45, 2.75) is 6.92 Å². The van der Waals surface area contributed by atoms with Gasteiger partial charge >= 0.3 is 5.97 Å². The van der Waals surface area contributed by atoms with Gasteiger partial charge in [-0.05, 0) is 31.2 Å². The van der Waals surface area contributed by atoms with Crippen LogP contribution in [0, 0.1) is 0 Å². The Morgan fingerprint density at radius 2 is 1.95 bits per heavy atom. The molecule has 2 aromatic carbocycles. The summed E-state index contributed by atoms with van der Waals surface area (Å²) in [6, 6.07) is 12.8. The van der Waals surface area contributed by atoms with Crippen molar-refractivity contribution < 1.29 is 24.6 Å². The van der Waals surface area contributed by atoms with Crippen molar-refractivity contribution in [1.82, 2.24) is 0 Å². The van der Waals surface area contributed by atoms with Gasteiger partial charge in [-0.3, -0.25) is 0 Å². The molecule has 0 radical (unpaired) electrons. The Hall–Kier alpha value is -3.02. The number of nitrogens with zero attached hydrogens (tertiary/aromatic N) is 1. The first kappa shape index (κ1) is 15.4. The summed E-state index contributed by atoms with van der Waals surface area (Å²) < 4.78 is 5.64. The molecule has 0 amide bonds. The van der Waals surface area contributed by atoms with Gasteiger partial charge in [-0.15, -0.1) is 0 Å². The van der Waals surface area contributed by atoms with E-state index in [0.717, 1.165) is 0 Å². The molecule has 0 atom stereocenters. The van der Waals surface area contributed by atoms with Crippen LogP contribution in [0.1, 0.15) is 12.5 Å². The largest absolute Gasteiger partial charge is 0.508 e. The number of para-hydroxylation sites is 1. The molecule has 0 bridgehead atoms. The van der Waals surface area contributed by atoms with Crippen molar-refractivity contribution in [3.63, 3.8) is 0 Å². The van der Waals surface area contributed by atoms with Gasteiger partial charge in [0, 0.05) is 6.07 Å². The average Bonchev–Trinajstić information content (AvgIpc) is 2.49. The summed E-state index contributed by atoms with van der Waals surface area (Å²) in [6.07, 6.45) is 0. The highest BCUT2D eigenvalue weighted by Crippen LogP contribution is 2.28. The summed E-state index contributed by atoms with van der Waals surface area (Å²) in [5, 5.41) is 22.4. The van der Waals surface area contributed by atoms with Gasteiger partial charge in [0.05, 0.1) is 5.56 Å². The van der Waals surface area contributed by atoms with E-state index >= 15 is 0 Å². The van der Waals surface area contributed by atoms with Gasteiger partial charge in [-0.2, -0.15) is 0 Å². The fourth-order valence-electron chi connectivity index (χ4n) is 1.76. The van der Waals surface area contributed by atoms with Gasteiger partial charge in [-0.1, -0.05) is 23.4 Å². The van der Waals surface area contributed by atoms with E-state index in [1.54, 1.807) is 43.3 Å². The molecule has 2 N–H and O–H groups in total. The Bertz CT molecular complexity index is 696. The van der Waals surface area contributed by atoms with E-state index in [9.17, 15) is 15.0 Å². The monoisotopic (exact) mass is 301 g/mol. The molecule has 22 heavy (non-hydrogen) atoms. The number of ether oxygens (including phenoxy) is 1. The molecule has 0 saturated carbocycles. The summed E-state index contributed by atoms with van der Waals surface area (Å²) in [5.41, 5.74) is 0.0318. The topological polar surface area (TPSA) is 88.4 Å². The Morgan fingerprint density at radius 1 is 1.18 bits per heavy atom. The number of hydrogen-bond acceptors (Lipinski definition) is 5. The molecule has 0 aliphatic carbocycles. The van der Waals surface area contributed by atoms with Crippen molar-refractivity contribution in [3.8, 4) is 17.2 Å². The van der Waals surface area contributed by atoms with Crippen molar-refractivity contribution in [1.29, 1.82) is 0 Å². The van der Waals surface area contributed by atoms with E-state index in [-0.39, 0.29) is 23.6 Å². The van der Waals surface area contributed by atoms with Crippen molar-refractivity contribution >= 4 is 11.7 Å². The van der Waals surface area contributed by atoms with Crippen LogP contribution in [0.2, 0.25) is 0 Å². The number of phenolic OH excluding ortho intramolecular Hbond substituents is 1. The summed E-state index contributed by atoms with van der Waals surface area (Å²) in [7, 11) is 0. The zero-order valence-electron chi connectivity index (χ0n) is 11.9. The van der Waals surface area contributed by atoms with Gasteiger partial charge < -0.3 is 19.8 Å². The molecule has 0 aliphatic heterocycles. The third kappa shape index (κ3) is 3.76. The Morgan fingerprint density at radius 3 is 2.64 bits per heavy atom. The zero-order valence-corrected chi connectivity index (χ0v) is 11.9. The van der Waals surface area contributed by atoms with Crippen molar-refractivity contribution in [3.05, 3.63) is 54.1 Å². The molecule has 2 aromatic rings. The molecule has 0 unspecified atom stereocenters. The summed E-state index contributed by atoms with van der Waals surface area (Å²) in [5.74, 6) is -0.487. The van der Waals surface area contributed by atoms with E-state index in [0.29, 0.717) is 11.5 Å². The number of carboxylic acids is 1. The molecule has 114 valence electrons. The molecule has 2 rings (SSSR count). The van der Waals surface area contributed by atoms with Gasteiger partial charge in [0.25, 0.3) is 0 Å². The van der Waals surface area contributed by atoms with E-state index < -0.39 is 5.97 Å². The van der Waals surface area contributed by atoms with Crippen LogP contribution < -0.4 is 4.74 Å². The number of rotatable bonds is 6. The minimum Gasteiger partial charge on any atom is -0.508 e. The highest BCUT2D eigenvalue weighted by Gasteiger charge is 2.18. The standard InChI is InChI=1S/C16H15NO5/c1-2-21-17-15(16(19)20)13-8-3-4-9-14(13)22-12-7-5-6-11(18)10-12/h3-10,18H,2H2,1H3,(H,19,20). The van der Waals surface area contributed by atoms with Crippen molar-refractivity contribution in [2.75, 3.05) is 6.61 Å². The average molecular weight is 301 g/mol. The quantitative estimate of drug-likeness (QED) is 0.632. The summed E-state index contributed by atoms with van der Waals surface area (Å²) >= 11 is 0. The highest BCUT2D eigenvalue weighted by molar-refractivity contribution is 6.43. The molecule has 0 heterocycles. The Labute approximate surface area is 127 Å². The summed E-state index contributed by atoms with van der Waals surface area (Å²) in [6.45, 7) is 1.96. The maximum atomic E-state index is 11.4. The van der Waals surface area contributed by atoms with Gasteiger partial charge in [0.2, 0.25) is 0 Å². The van der Waals surface area contributed by atoms with Crippen LogP contribution in [0.25, 0.3) is 0 Å². The first-order valence-electron chi connectivity index (χ1n) is 6.61. The number of oxime groups is 1. The molecule has 0 aliphatic rings. The lowest BCUT2D eigenvalue weighted by Gasteiger charge is -2.11. The third-order valence-electron chi connectivity index (χ3n) is 2.68. The molecular weight excluding hydrogens is 286 g/mol. The lowest BCUT2D eigenvalue weighted by Crippen LogP contribution is -2.16. The van der Waals surface area contributed by atoms with Gasteiger partial charge in [0.1, 0.15) is 23.9 Å². The third-order valence-corrected chi connectivity index (χ3v) is 2.68. The smallest absolute Gasteiger partial charge is 0.358 e. The van der Waals surface area contributed by atoms with Crippen LogP contribution in [0.4, 0.5) is 0 Å². The first-order chi connectivity index (χ1) is 10.6. The van der Waals surface area contributed by atoms with Crippen LogP contribution in [0.3, 0.4) is 0 Å². The molecule has 0 aromatic heterocycles. The fourth-order valence-corrected chi connectivity index (χ4v) is 1.76. The number of benzene rings is 2. The van der Waals surface area contributed by atoms with E-state index in [1.165, 1.54) is 12.1 Å². The highest BCUT2D eigenvalue weighted by atomic mass is 16.6. The molecular formula is C16H15NO5. The second-order valence-corrected chi connectivity index (χ2v) is 4.26. The zero-order chi connectivity index (χ0) is 15.9. The lowest BCUT2D eigenvalue weighted by atomic mass is 10.1. The van der Waals surface area contributed by atoms with Crippen LogP contribution in [0.5, 0.6) is 17.2 Å². The number of phenols is 1. The van der Waals surface area contributed by atoms with Gasteiger partial charge in [0.15, 0.2) is 5.71 Å². The number of carbonyl (C=O) groups is 1. The first-order valence-corrected chi connectivity index (χ1v) is 6.61. The molecule has 0 spiro atoms. The minimum atomic E-state index is -1.22. The molecule has 0 saturated heterocycles. The normalized spacial score (nSPS) is 11.0.